The van der Waals surface area contributed by atoms with Crippen molar-refractivity contribution in [2.24, 2.45) is 0 Å². The van der Waals surface area contributed by atoms with Gasteiger partial charge in [-0.3, -0.25) is 0 Å². The van der Waals surface area contributed by atoms with E-state index in [1.807, 2.05) is 6.92 Å². The number of pyridine rings is 1. The molecule has 2 rings (SSSR count). The summed E-state index contributed by atoms with van der Waals surface area (Å²) in [7, 11) is 0. The van der Waals surface area contributed by atoms with E-state index < -0.39 is 11.6 Å². The summed E-state index contributed by atoms with van der Waals surface area (Å²) in [6.07, 6.45) is 0. The molecule has 0 amide bonds. The van der Waals surface area contributed by atoms with Gasteiger partial charge >= 0.3 is 0 Å². The van der Waals surface area contributed by atoms with Crippen LogP contribution in [0.1, 0.15) is 6.92 Å². The molecule has 0 spiro atoms. The number of rotatable bonds is 4. The predicted octanol–water partition coefficient (Wildman–Crippen LogP) is 4.89. The maximum atomic E-state index is 13.1. The molecule has 3 nitrogen and oxygen atoms in total. The Morgan fingerprint density at radius 2 is 1.90 bits per heavy atom. The quantitative estimate of drug-likeness (QED) is 0.871. The normalized spacial score (nSPS) is 10.4. The second kappa shape index (κ2) is 6.24. The van der Waals surface area contributed by atoms with Crippen molar-refractivity contribution in [3.63, 3.8) is 0 Å². The molecule has 1 heterocycles. The monoisotopic (exact) mass is 318 g/mol. The molecule has 1 aromatic heterocycles. The van der Waals surface area contributed by atoms with Crippen LogP contribution in [0.3, 0.4) is 0 Å². The Balaban J connectivity index is 2.32. The van der Waals surface area contributed by atoms with Gasteiger partial charge in [0.1, 0.15) is 16.6 Å². The topological polar surface area (TPSA) is 34.2 Å². The lowest BCUT2D eigenvalue weighted by molar-refractivity contribution is 0.448. The number of aromatic nitrogens is 1. The van der Waals surface area contributed by atoms with Crippen LogP contribution in [-0.2, 0) is 0 Å². The summed E-state index contributed by atoms with van der Waals surface area (Å²) >= 11 is 11.9. The summed E-state index contributed by atoms with van der Waals surface area (Å²) < 4.78 is 31.3. The Morgan fingerprint density at radius 3 is 2.55 bits per heavy atom. The number of ether oxygens (including phenoxy) is 1. The maximum Gasteiger partial charge on any atom is 0.240 e. The first-order valence-electron chi connectivity index (χ1n) is 5.74. The smallest absolute Gasteiger partial charge is 0.240 e. The van der Waals surface area contributed by atoms with E-state index in [2.05, 4.69) is 10.3 Å². The maximum absolute atomic E-state index is 13.1. The van der Waals surface area contributed by atoms with Crippen LogP contribution in [0.15, 0.2) is 24.3 Å². The van der Waals surface area contributed by atoms with E-state index in [4.69, 9.17) is 27.9 Å². The second-order valence-corrected chi connectivity index (χ2v) is 4.63. The van der Waals surface area contributed by atoms with E-state index in [0.717, 1.165) is 12.1 Å². The van der Waals surface area contributed by atoms with E-state index in [0.29, 0.717) is 17.4 Å². The van der Waals surface area contributed by atoms with Crippen LogP contribution in [0.5, 0.6) is 11.6 Å². The molecule has 0 fully saturated rings. The van der Waals surface area contributed by atoms with Gasteiger partial charge in [0.05, 0.1) is 5.02 Å². The third-order valence-electron chi connectivity index (χ3n) is 2.35. The third kappa shape index (κ3) is 3.29. The summed E-state index contributed by atoms with van der Waals surface area (Å²) in [4.78, 5) is 4.10. The van der Waals surface area contributed by atoms with Gasteiger partial charge in [0.25, 0.3) is 0 Å². The van der Waals surface area contributed by atoms with Crippen LogP contribution >= 0.6 is 23.2 Å². The fourth-order valence-electron chi connectivity index (χ4n) is 1.46. The fourth-order valence-corrected chi connectivity index (χ4v) is 1.93. The average Bonchev–Trinajstić information content (AvgIpc) is 2.39. The minimum absolute atomic E-state index is 0.0537. The van der Waals surface area contributed by atoms with Gasteiger partial charge in [0, 0.05) is 12.6 Å². The Kier molecular flexibility index (Phi) is 4.62. The first-order chi connectivity index (χ1) is 9.51. The van der Waals surface area contributed by atoms with E-state index >= 15 is 0 Å². The number of nitrogens with one attached hydrogen (secondary N) is 1. The van der Waals surface area contributed by atoms with Crippen LogP contribution in [0.25, 0.3) is 0 Å². The number of hydrogen-bond acceptors (Lipinski definition) is 3. The minimum atomic E-state index is -1.01. The Hall–Kier alpha value is -1.59. The molecule has 7 heteroatoms. The van der Waals surface area contributed by atoms with E-state index in [-0.39, 0.29) is 16.7 Å². The molecule has 20 heavy (non-hydrogen) atoms. The molecule has 0 aliphatic rings. The van der Waals surface area contributed by atoms with Crippen LogP contribution in [0, 0.1) is 11.6 Å². The van der Waals surface area contributed by atoms with Crippen molar-refractivity contribution in [3.8, 4) is 11.6 Å². The first-order valence-corrected chi connectivity index (χ1v) is 6.49. The highest BCUT2D eigenvalue weighted by molar-refractivity contribution is 6.36. The van der Waals surface area contributed by atoms with Gasteiger partial charge < -0.3 is 10.1 Å². The molecular weight excluding hydrogens is 309 g/mol. The third-order valence-corrected chi connectivity index (χ3v) is 2.91. The van der Waals surface area contributed by atoms with Crippen LogP contribution < -0.4 is 10.1 Å². The molecule has 1 N–H and O–H groups in total. The van der Waals surface area contributed by atoms with Crippen molar-refractivity contribution < 1.29 is 13.5 Å². The van der Waals surface area contributed by atoms with Crippen LogP contribution in [0.4, 0.5) is 14.6 Å². The van der Waals surface area contributed by atoms with Gasteiger partial charge in [-0.05, 0) is 25.1 Å². The summed E-state index contributed by atoms with van der Waals surface area (Å²) in [5, 5.41) is 3.44. The molecule has 0 aliphatic heterocycles. The van der Waals surface area contributed by atoms with Gasteiger partial charge in [0.15, 0.2) is 11.6 Å². The summed E-state index contributed by atoms with van der Waals surface area (Å²) in [5.41, 5.74) is 0. The minimum Gasteiger partial charge on any atom is -0.437 e. The zero-order valence-electron chi connectivity index (χ0n) is 10.4. The highest BCUT2D eigenvalue weighted by Crippen LogP contribution is 2.33. The van der Waals surface area contributed by atoms with Crippen LogP contribution in [0.2, 0.25) is 10.0 Å². The van der Waals surface area contributed by atoms with Gasteiger partial charge in [-0.15, -0.1) is 0 Å². The number of hydrogen-bond donors (Lipinski definition) is 1. The lowest BCUT2D eigenvalue weighted by atomic mass is 10.3. The van der Waals surface area contributed by atoms with Crippen molar-refractivity contribution >= 4 is 29.0 Å². The molecule has 0 saturated carbocycles. The SMILES string of the molecule is CCNc1nc(Oc2ccc(F)c(F)c2)c(Cl)cc1Cl. The molecular formula is C13H10Cl2F2N2O. The van der Waals surface area contributed by atoms with Gasteiger partial charge in [0.2, 0.25) is 5.88 Å². The molecule has 0 radical (unpaired) electrons. The average molecular weight is 319 g/mol. The zero-order chi connectivity index (χ0) is 14.7. The number of anilines is 1. The molecule has 0 saturated heterocycles. The molecule has 2 aromatic rings. The molecule has 0 atom stereocenters. The first kappa shape index (κ1) is 14.8. The van der Waals surface area contributed by atoms with Crippen molar-refractivity contribution in [2.75, 3.05) is 11.9 Å². The second-order valence-electron chi connectivity index (χ2n) is 3.81. The molecule has 1 aromatic carbocycles. The summed E-state index contributed by atoms with van der Waals surface area (Å²) in [5.74, 6) is -1.43. The van der Waals surface area contributed by atoms with Gasteiger partial charge in [-0.1, -0.05) is 23.2 Å². The zero-order valence-corrected chi connectivity index (χ0v) is 11.9. The Labute approximate surface area is 124 Å². The van der Waals surface area contributed by atoms with E-state index in [1.54, 1.807) is 0 Å². The van der Waals surface area contributed by atoms with Crippen LogP contribution in [-0.4, -0.2) is 11.5 Å². The lowest BCUT2D eigenvalue weighted by Gasteiger charge is -2.11. The van der Waals surface area contributed by atoms with E-state index in [9.17, 15) is 8.78 Å². The highest BCUT2D eigenvalue weighted by atomic mass is 35.5. The number of benzene rings is 1. The molecule has 0 bridgehead atoms. The predicted molar refractivity (Wildman–Crippen MR) is 74.9 cm³/mol. The van der Waals surface area contributed by atoms with Gasteiger partial charge in [-0.2, -0.15) is 4.98 Å². The Morgan fingerprint density at radius 1 is 1.15 bits per heavy atom. The molecule has 0 unspecified atom stereocenters. The molecule has 106 valence electrons. The van der Waals surface area contributed by atoms with Crippen molar-refractivity contribution in [1.82, 2.24) is 4.98 Å². The molecule has 0 aliphatic carbocycles. The standard InChI is InChI=1S/C13H10Cl2F2N2O/c1-2-18-12-8(14)6-9(15)13(19-12)20-7-3-4-10(16)11(17)5-7/h3-6H,2H2,1H3,(H,18,19). The van der Waals surface area contributed by atoms with Crippen molar-refractivity contribution in [1.29, 1.82) is 0 Å². The Bertz CT molecular complexity index is 638. The van der Waals surface area contributed by atoms with E-state index in [1.165, 1.54) is 12.1 Å². The lowest BCUT2D eigenvalue weighted by Crippen LogP contribution is -2.01. The summed E-state index contributed by atoms with van der Waals surface area (Å²) in [6.45, 7) is 2.49. The largest absolute Gasteiger partial charge is 0.437 e. The highest BCUT2D eigenvalue weighted by Gasteiger charge is 2.12. The van der Waals surface area contributed by atoms with Crippen molar-refractivity contribution in [3.05, 3.63) is 45.9 Å². The van der Waals surface area contributed by atoms with Crippen molar-refractivity contribution in [2.45, 2.75) is 6.92 Å². The number of nitrogens with zero attached hydrogens (tertiary/aromatic N) is 1. The number of halogens is 4. The summed E-state index contributed by atoms with van der Waals surface area (Å²) in [6, 6.07) is 4.61. The fraction of sp³-hybridized carbons (Fsp3) is 0.154. The van der Waals surface area contributed by atoms with Gasteiger partial charge in [-0.25, -0.2) is 8.78 Å².